The Morgan fingerprint density at radius 3 is 2.22 bits per heavy atom. The minimum Gasteiger partial charge on any atom is -0.507 e. The maximum absolute atomic E-state index is 12.9. The summed E-state index contributed by atoms with van der Waals surface area (Å²) in [7, 11) is 0. The number of carbonyl (C=O) groups excluding carboxylic acids is 1. The van der Waals surface area contributed by atoms with Crippen LogP contribution in [-0.2, 0) is 14.2 Å². The zero-order valence-electron chi connectivity index (χ0n) is 20.9. The van der Waals surface area contributed by atoms with Crippen molar-refractivity contribution in [2.75, 3.05) is 6.61 Å². The smallest absolute Gasteiger partial charge is 0.231 e. The topological polar surface area (TPSA) is 266 Å². The summed E-state index contributed by atoms with van der Waals surface area (Å²) in [6, 6.07) is 5.55. The lowest BCUT2D eigenvalue weighted by atomic mass is 9.92. The van der Waals surface area contributed by atoms with Crippen LogP contribution in [0.25, 0.3) is 0 Å². The van der Waals surface area contributed by atoms with Gasteiger partial charge in [-0.1, -0.05) is 6.07 Å². The molecule has 0 aromatic heterocycles. The van der Waals surface area contributed by atoms with E-state index in [9.17, 15) is 55.9 Å². The van der Waals surface area contributed by atoms with Crippen molar-refractivity contribution in [1.29, 1.82) is 0 Å². The molecule has 2 aromatic rings. The van der Waals surface area contributed by atoms with Crippen LogP contribution in [-0.4, -0.2) is 125 Å². The Morgan fingerprint density at radius 1 is 0.780 bits per heavy atom. The molecule has 2 saturated heterocycles. The molecule has 10 N–H and O–H groups in total. The van der Waals surface area contributed by atoms with Gasteiger partial charge in [-0.05, 0) is 17.7 Å². The van der Waals surface area contributed by atoms with Gasteiger partial charge in [0.15, 0.2) is 42.4 Å². The molecule has 0 aliphatic carbocycles. The van der Waals surface area contributed by atoms with Crippen molar-refractivity contribution in [2.45, 2.75) is 67.7 Å². The third-order valence-electron chi connectivity index (χ3n) is 6.96. The Labute approximate surface area is 230 Å². The molecule has 11 unspecified atom stereocenters. The van der Waals surface area contributed by atoms with E-state index < -0.39 is 103 Å². The van der Waals surface area contributed by atoms with Crippen molar-refractivity contribution in [1.82, 2.24) is 0 Å². The van der Waals surface area contributed by atoms with E-state index in [2.05, 4.69) is 0 Å². The molecule has 0 bridgehead atoms. The van der Waals surface area contributed by atoms with E-state index in [1.54, 1.807) is 0 Å². The molecule has 0 radical (unpaired) electrons. The molecule has 5 rings (SSSR count). The first-order valence-electron chi connectivity index (χ1n) is 12.3. The number of Topliss-reactive ketones (excluding diaryl/α,β-unsaturated/α-hetero) is 1. The van der Waals surface area contributed by atoms with Gasteiger partial charge in [0.25, 0.3) is 0 Å². The van der Waals surface area contributed by atoms with E-state index in [0.29, 0.717) is 0 Å². The summed E-state index contributed by atoms with van der Waals surface area (Å²) < 4.78 is 27.3. The Bertz CT molecular complexity index is 1290. The molecule has 224 valence electrons. The Balaban J connectivity index is 1.42. The van der Waals surface area contributed by atoms with E-state index >= 15 is 0 Å². The first-order chi connectivity index (χ1) is 19.4. The highest BCUT2D eigenvalue weighted by molar-refractivity contribution is 6.05. The molecule has 0 spiro atoms. The van der Waals surface area contributed by atoms with Crippen LogP contribution in [0.15, 0.2) is 30.3 Å². The molecule has 2 fully saturated rings. The molecule has 3 aliphatic heterocycles. The van der Waals surface area contributed by atoms with Crippen molar-refractivity contribution in [3.8, 4) is 28.7 Å². The molecule has 3 heterocycles. The number of phenolic OH excluding ortho intramolecular Hbond substituents is 3. The molecular formula is C25H28O16. The molecule has 0 amide bonds. The first kappa shape index (κ1) is 29.2. The molecular weight excluding hydrogens is 556 g/mol. The second-order valence-electron chi connectivity index (χ2n) is 9.76. The predicted octanol–water partition coefficient (Wildman–Crippen LogP) is -2.92. The largest absolute Gasteiger partial charge is 0.507 e. The molecule has 16 nitrogen and oxygen atoms in total. The minimum atomic E-state index is -1.98. The SMILES string of the molecule is O=C1c2c(O)cc(OC3OC(O)C(O)C(O)C3OC3OCC(O)C(O)C3O)cc2OC(c2ccc(O)c(O)c2)C1O. The van der Waals surface area contributed by atoms with Crippen LogP contribution in [0.4, 0.5) is 0 Å². The average molecular weight is 584 g/mol. The summed E-state index contributed by atoms with van der Waals surface area (Å²) >= 11 is 0. The zero-order valence-corrected chi connectivity index (χ0v) is 20.9. The maximum Gasteiger partial charge on any atom is 0.231 e. The average Bonchev–Trinajstić information content (AvgIpc) is 2.92. The van der Waals surface area contributed by atoms with Crippen molar-refractivity contribution in [3.63, 3.8) is 0 Å². The van der Waals surface area contributed by atoms with Gasteiger partial charge in [0, 0.05) is 12.1 Å². The van der Waals surface area contributed by atoms with Gasteiger partial charge in [0.2, 0.25) is 12.1 Å². The number of aliphatic hydroxyl groups excluding tert-OH is 7. The number of phenols is 3. The van der Waals surface area contributed by atoms with Gasteiger partial charge in [0.05, 0.1) is 6.61 Å². The van der Waals surface area contributed by atoms with Crippen LogP contribution < -0.4 is 9.47 Å². The number of ketones is 1. The lowest BCUT2D eigenvalue weighted by Gasteiger charge is -2.43. The van der Waals surface area contributed by atoms with Gasteiger partial charge >= 0.3 is 0 Å². The monoisotopic (exact) mass is 584 g/mol. The van der Waals surface area contributed by atoms with Crippen LogP contribution in [0.1, 0.15) is 22.0 Å². The normalized spacial score (nSPS) is 37.2. The van der Waals surface area contributed by atoms with Gasteiger partial charge < -0.3 is 74.7 Å². The second-order valence-corrected chi connectivity index (χ2v) is 9.76. The standard InChI is InChI=1S/C25H28O16/c26-9-2-1-7(3-10(9)27)21-17(32)16(31)14-11(28)4-8(5-13(14)39-21)38-25-22(18(33)19(34)23(36)41-25)40-24-20(35)15(30)12(29)6-37-24/h1-5,12,15,17-30,32-36H,6H2. The van der Waals surface area contributed by atoms with Gasteiger partial charge in [-0.2, -0.15) is 0 Å². The Morgan fingerprint density at radius 2 is 1.51 bits per heavy atom. The summed E-state index contributed by atoms with van der Waals surface area (Å²) in [6.07, 6.45) is -18.9. The maximum atomic E-state index is 12.9. The highest BCUT2D eigenvalue weighted by atomic mass is 16.8. The van der Waals surface area contributed by atoms with Crippen LogP contribution in [0.3, 0.4) is 0 Å². The van der Waals surface area contributed by atoms with Crippen molar-refractivity contribution in [3.05, 3.63) is 41.5 Å². The Hall–Kier alpha value is -3.29. The summed E-state index contributed by atoms with van der Waals surface area (Å²) in [4.78, 5) is 12.9. The fourth-order valence-electron chi connectivity index (χ4n) is 4.69. The number of hydrogen-bond acceptors (Lipinski definition) is 16. The lowest BCUT2D eigenvalue weighted by Crippen LogP contribution is -2.63. The minimum absolute atomic E-state index is 0.111. The van der Waals surface area contributed by atoms with Crippen molar-refractivity contribution in [2.24, 2.45) is 0 Å². The third-order valence-corrected chi connectivity index (χ3v) is 6.96. The predicted molar refractivity (Wildman–Crippen MR) is 128 cm³/mol. The van der Waals surface area contributed by atoms with Crippen LogP contribution in [0.5, 0.6) is 28.7 Å². The van der Waals surface area contributed by atoms with Crippen LogP contribution in [0.2, 0.25) is 0 Å². The number of benzene rings is 2. The van der Waals surface area contributed by atoms with Gasteiger partial charge in [-0.25, -0.2) is 0 Å². The number of rotatable bonds is 5. The van der Waals surface area contributed by atoms with E-state index in [0.717, 1.165) is 24.3 Å². The molecule has 11 atom stereocenters. The molecule has 2 aromatic carbocycles. The molecule has 0 saturated carbocycles. The summed E-state index contributed by atoms with van der Waals surface area (Å²) in [5, 5.41) is 101. The number of ether oxygens (including phenoxy) is 5. The Kier molecular flexibility index (Phi) is 7.96. The molecule has 41 heavy (non-hydrogen) atoms. The summed E-state index contributed by atoms with van der Waals surface area (Å²) in [5.74, 6) is -3.15. The van der Waals surface area contributed by atoms with Crippen LogP contribution >= 0.6 is 0 Å². The van der Waals surface area contributed by atoms with E-state index in [4.69, 9.17) is 23.7 Å². The second kappa shape index (κ2) is 11.2. The van der Waals surface area contributed by atoms with Gasteiger partial charge in [-0.15, -0.1) is 0 Å². The number of aliphatic hydroxyl groups is 7. The van der Waals surface area contributed by atoms with E-state index in [1.165, 1.54) is 6.07 Å². The quantitative estimate of drug-likeness (QED) is 0.158. The fourth-order valence-corrected chi connectivity index (χ4v) is 4.69. The fraction of sp³-hybridized carbons (Fsp3) is 0.480. The number of hydrogen-bond donors (Lipinski definition) is 10. The third kappa shape index (κ3) is 5.38. The highest BCUT2D eigenvalue weighted by Gasteiger charge is 2.50. The molecule has 16 heteroatoms. The van der Waals surface area contributed by atoms with Gasteiger partial charge in [-0.3, -0.25) is 4.79 Å². The van der Waals surface area contributed by atoms with Crippen molar-refractivity contribution >= 4 is 5.78 Å². The lowest BCUT2D eigenvalue weighted by molar-refractivity contribution is -0.365. The summed E-state index contributed by atoms with van der Waals surface area (Å²) in [6.45, 7) is -0.445. The van der Waals surface area contributed by atoms with Gasteiger partial charge in [0.1, 0.15) is 53.3 Å². The van der Waals surface area contributed by atoms with E-state index in [-0.39, 0.29) is 17.1 Å². The summed E-state index contributed by atoms with van der Waals surface area (Å²) in [5.41, 5.74) is -0.288. The van der Waals surface area contributed by atoms with E-state index in [1.807, 2.05) is 0 Å². The van der Waals surface area contributed by atoms with Crippen molar-refractivity contribution < 1.29 is 79.5 Å². The zero-order chi connectivity index (χ0) is 29.7. The number of carbonyl (C=O) groups is 1. The first-order valence-corrected chi connectivity index (χ1v) is 12.3. The number of fused-ring (bicyclic) bond motifs is 1. The molecule has 3 aliphatic rings. The number of aromatic hydroxyl groups is 3. The highest BCUT2D eigenvalue weighted by Crippen LogP contribution is 2.43. The van der Waals surface area contributed by atoms with Crippen LogP contribution in [0, 0.1) is 0 Å².